The number of benzene rings is 1. The van der Waals surface area contributed by atoms with E-state index >= 15 is 0 Å². The van der Waals surface area contributed by atoms with Crippen LogP contribution in [0.2, 0.25) is 24.2 Å². The van der Waals surface area contributed by atoms with Gasteiger partial charge in [0.2, 0.25) is 0 Å². The zero-order valence-corrected chi connectivity index (χ0v) is 30.9. The molecule has 220 valence electrons. The Hall–Kier alpha value is 0.900. The van der Waals surface area contributed by atoms with Crippen molar-refractivity contribution in [3.05, 3.63) is 50.7 Å². The van der Waals surface area contributed by atoms with Crippen molar-refractivity contribution in [3.63, 3.8) is 0 Å². The van der Waals surface area contributed by atoms with Gasteiger partial charge in [-0.15, -0.1) is 0 Å². The summed E-state index contributed by atoms with van der Waals surface area (Å²) in [7, 11) is 8.56. The van der Waals surface area contributed by atoms with Crippen LogP contribution in [0.5, 0.6) is 0 Å². The van der Waals surface area contributed by atoms with E-state index in [1.165, 1.54) is 25.7 Å². The van der Waals surface area contributed by atoms with Crippen LogP contribution in [-0.2, 0) is 20.8 Å². The second-order valence-corrected chi connectivity index (χ2v) is 23.6. The van der Waals surface area contributed by atoms with Crippen molar-refractivity contribution in [2.24, 2.45) is 47.3 Å². The van der Waals surface area contributed by atoms with Gasteiger partial charge in [-0.3, -0.25) is 0 Å². The van der Waals surface area contributed by atoms with E-state index in [2.05, 4.69) is 57.3 Å². The zero-order valence-electron chi connectivity index (χ0n) is 26.0. The van der Waals surface area contributed by atoms with Crippen LogP contribution in [0.15, 0.2) is 30.3 Å². The summed E-state index contributed by atoms with van der Waals surface area (Å²) in [6.07, 6.45) is 18.8. The van der Waals surface area contributed by atoms with E-state index in [0.29, 0.717) is 0 Å². The first-order chi connectivity index (χ1) is 17.8. The SMILES string of the molecule is CC(CC1CC([Si](C)(C)C2CC(C)C3CCCCC32)C2CC3CCCC3CC12)c1ccccc1.[CH3-].[CH3-].[Cl][Zr+2][Cl]. The predicted molar refractivity (Wildman–Crippen MR) is 173 cm³/mol. The van der Waals surface area contributed by atoms with Gasteiger partial charge in [-0.2, -0.15) is 0 Å². The van der Waals surface area contributed by atoms with E-state index in [1.54, 1.807) is 56.9 Å². The van der Waals surface area contributed by atoms with Gasteiger partial charge in [0.05, 0.1) is 8.07 Å². The maximum absolute atomic E-state index is 4.93. The Labute approximate surface area is 263 Å². The summed E-state index contributed by atoms with van der Waals surface area (Å²) in [5, 5.41) is 0. The Kier molecular flexibility index (Phi) is 13.3. The van der Waals surface area contributed by atoms with Gasteiger partial charge >= 0.3 is 37.9 Å². The van der Waals surface area contributed by atoms with Crippen LogP contribution in [0.3, 0.4) is 0 Å². The van der Waals surface area contributed by atoms with Crippen molar-refractivity contribution in [3.8, 4) is 0 Å². The van der Waals surface area contributed by atoms with Crippen molar-refractivity contribution in [2.75, 3.05) is 0 Å². The van der Waals surface area contributed by atoms with Crippen molar-refractivity contribution in [1.82, 2.24) is 0 Å². The molecule has 11 atom stereocenters. The molecule has 0 N–H and O–H groups in total. The van der Waals surface area contributed by atoms with Crippen molar-refractivity contribution >= 4 is 25.1 Å². The molecule has 0 saturated heterocycles. The summed E-state index contributed by atoms with van der Waals surface area (Å²) < 4.78 is 0. The minimum atomic E-state index is -1.31. The number of rotatable bonds is 5. The molecule has 0 spiro atoms. The molecule has 0 aliphatic heterocycles. The molecule has 5 aliphatic carbocycles. The summed E-state index contributed by atoms with van der Waals surface area (Å²) in [6, 6.07) is 11.5. The van der Waals surface area contributed by atoms with Gasteiger partial charge in [0.1, 0.15) is 0 Å². The van der Waals surface area contributed by atoms with Crippen LogP contribution in [0, 0.1) is 62.2 Å². The Bertz CT molecular complexity index is 861. The zero-order chi connectivity index (χ0) is 26.2. The Balaban J connectivity index is 0.000000805. The molecule has 5 aliphatic rings. The van der Waals surface area contributed by atoms with Crippen LogP contribution in [0.1, 0.15) is 102 Å². The second kappa shape index (κ2) is 15.1. The summed E-state index contributed by atoms with van der Waals surface area (Å²) in [4.78, 5) is 0. The van der Waals surface area contributed by atoms with Crippen molar-refractivity contribution in [1.29, 1.82) is 0 Å². The molecule has 0 heterocycles. The Morgan fingerprint density at radius 2 is 1.33 bits per heavy atom. The normalized spacial score (nSPS) is 39.4. The van der Waals surface area contributed by atoms with E-state index in [-0.39, 0.29) is 14.9 Å². The molecule has 6 rings (SSSR count). The molecule has 0 aromatic heterocycles. The molecule has 1 aromatic rings. The van der Waals surface area contributed by atoms with Crippen LogP contribution in [-0.4, -0.2) is 8.07 Å². The van der Waals surface area contributed by atoms with E-state index < -0.39 is 28.9 Å². The fraction of sp³-hybridized carbons (Fsp3) is 0.771. The molecule has 1 aromatic carbocycles. The summed E-state index contributed by atoms with van der Waals surface area (Å²) in [5.74, 6) is 9.27. The van der Waals surface area contributed by atoms with E-state index in [4.69, 9.17) is 17.0 Å². The Morgan fingerprint density at radius 1 is 0.769 bits per heavy atom. The van der Waals surface area contributed by atoms with Crippen LogP contribution >= 0.6 is 17.0 Å². The molecule has 0 bridgehead atoms. The monoisotopic (exact) mass is 666 g/mol. The molecule has 5 fully saturated rings. The van der Waals surface area contributed by atoms with Gasteiger partial charge in [-0.05, 0) is 108 Å². The average Bonchev–Trinajstić information content (AvgIpc) is 3.60. The van der Waals surface area contributed by atoms with E-state index in [0.717, 1.165) is 64.3 Å². The molecule has 0 amide bonds. The Morgan fingerprint density at radius 3 is 1.97 bits per heavy atom. The molecule has 4 heteroatoms. The molecule has 39 heavy (non-hydrogen) atoms. The minimum absolute atomic E-state index is 0. The first kappa shape index (κ1) is 34.4. The third-order valence-corrected chi connectivity index (χ3v) is 18.0. The fourth-order valence-corrected chi connectivity index (χ4v) is 16.7. The van der Waals surface area contributed by atoms with Gasteiger partial charge in [-0.1, -0.05) is 95.8 Å². The fourth-order valence-electron chi connectivity index (χ4n) is 11.2. The van der Waals surface area contributed by atoms with Crippen LogP contribution in [0.25, 0.3) is 0 Å². The third kappa shape index (κ3) is 7.18. The summed E-state index contributed by atoms with van der Waals surface area (Å²) in [5.41, 5.74) is 3.83. The topological polar surface area (TPSA) is 0 Å². The molecule has 0 radical (unpaired) electrons. The van der Waals surface area contributed by atoms with E-state index in [9.17, 15) is 0 Å². The predicted octanol–water partition coefficient (Wildman–Crippen LogP) is 12.2. The molecule has 5 saturated carbocycles. The number of halogens is 2. The van der Waals surface area contributed by atoms with Crippen molar-refractivity contribution in [2.45, 2.75) is 121 Å². The standard InChI is InChI=1S/C33H52Si.2CH3.2ClH.Zr/c1-22(24-11-6-5-7-12-24)17-27-21-33(31-20-26-14-10-13-25(26)19-30(27)31)34(3,4)32-18-23(2)28-15-8-9-16-29(28)32;;;;;/h5-7,11-12,22-23,25-33H,8-10,13-21H2,1-4H3;2*1H3;2*1H;/q;2*-1;;;+4/p-2. The van der Waals surface area contributed by atoms with Crippen LogP contribution < -0.4 is 0 Å². The first-order valence-electron chi connectivity index (χ1n) is 15.9. The second-order valence-electron chi connectivity index (χ2n) is 14.7. The maximum atomic E-state index is 4.93. The molecular weight excluding hydrogens is 611 g/mol. The average molecular weight is 669 g/mol. The molecule has 0 nitrogen and oxygen atoms in total. The summed E-state index contributed by atoms with van der Waals surface area (Å²) in [6.45, 7) is 11.0. The number of hydrogen-bond donors (Lipinski definition) is 0. The number of fused-ring (bicyclic) bond motifs is 3. The first-order valence-corrected chi connectivity index (χ1v) is 25.3. The quantitative estimate of drug-likeness (QED) is 0.216. The number of hydrogen-bond acceptors (Lipinski definition) is 0. The molecular formula is C35H58Cl2SiZr. The van der Waals surface area contributed by atoms with Crippen LogP contribution in [0.4, 0.5) is 0 Å². The van der Waals surface area contributed by atoms with Crippen molar-refractivity contribution < 1.29 is 20.8 Å². The third-order valence-electron chi connectivity index (χ3n) is 12.9. The van der Waals surface area contributed by atoms with Gasteiger partial charge in [0.25, 0.3) is 0 Å². The summed E-state index contributed by atoms with van der Waals surface area (Å²) >= 11 is -0.826. The van der Waals surface area contributed by atoms with E-state index in [1.807, 2.05) is 0 Å². The molecule has 11 unspecified atom stereocenters. The van der Waals surface area contributed by atoms with Gasteiger partial charge in [-0.25, -0.2) is 0 Å². The van der Waals surface area contributed by atoms with Gasteiger partial charge < -0.3 is 14.9 Å². The van der Waals surface area contributed by atoms with Gasteiger partial charge in [0, 0.05) is 0 Å². The van der Waals surface area contributed by atoms with Gasteiger partial charge in [0.15, 0.2) is 0 Å².